The third-order valence-electron chi connectivity index (χ3n) is 5.94. The Morgan fingerprint density at radius 3 is 2.91 bits per heavy atom. The van der Waals surface area contributed by atoms with E-state index in [0.29, 0.717) is 17.9 Å². The van der Waals surface area contributed by atoms with Gasteiger partial charge >= 0.3 is 0 Å². The number of hydrogen-bond acceptors (Lipinski definition) is 7. The van der Waals surface area contributed by atoms with Crippen molar-refractivity contribution in [3.63, 3.8) is 0 Å². The highest BCUT2D eigenvalue weighted by atomic mass is 32.1. The van der Waals surface area contributed by atoms with E-state index in [-0.39, 0.29) is 12.1 Å². The van der Waals surface area contributed by atoms with Gasteiger partial charge in [-0.3, -0.25) is 0 Å². The molecule has 0 saturated carbocycles. The summed E-state index contributed by atoms with van der Waals surface area (Å²) in [5, 5.41) is 23.9. The van der Waals surface area contributed by atoms with Crippen molar-refractivity contribution in [3.05, 3.63) is 71.3 Å². The van der Waals surface area contributed by atoms with Crippen LogP contribution in [0.4, 0.5) is 0 Å². The van der Waals surface area contributed by atoms with Gasteiger partial charge in [0.1, 0.15) is 27.7 Å². The second-order valence-electron chi connectivity index (χ2n) is 8.64. The largest absolute Gasteiger partial charge is 0.490 e. The predicted molar refractivity (Wildman–Crippen MR) is 132 cm³/mol. The molecule has 1 aliphatic rings. The zero-order chi connectivity index (χ0) is 23.5. The summed E-state index contributed by atoms with van der Waals surface area (Å²) in [6.45, 7) is 4.61. The molecule has 1 aliphatic carbocycles. The fourth-order valence-corrected chi connectivity index (χ4v) is 5.32. The Labute approximate surface area is 202 Å². The minimum Gasteiger partial charge on any atom is -0.490 e. The molecule has 2 heterocycles. The Morgan fingerprint density at radius 2 is 2.12 bits per heavy atom. The number of aromatic amines is 1. The van der Waals surface area contributed by atoms with Crippen molar-refractivity contribution in [2.75, 3.05) is 0 Å². The van der Waals surface area contributed by atoms with Gasteiger partial charge in [0.15, 0.2) is 0 Å². The molecule has 0 aliphatic heterocycles. The van der Waals surface area contributed by atoms with Gasteiger partial charge in [-0.1, -0.05) is 29.5 Å². The average molecular weight is 471 g/mol. The molecule has 1 atom stereocenters. The third kappa shape index (κ3) is 4.58. The maximum absolute atomic E-state index is 9.57. The molecule has 2 aromatic carbocycles. The van der Waals surface area contributed by atoms with Crippen LogP contribution in [0, 0.1) is 11.3 Å². The van der Waals surface area contributed by atoms with E-state index in [1.165, 1.54) is 11.1 Å². The van der Waals surface area contributed by atoms with Gasteiger partial charge in [0.25, 0.3) is 0 Å². The normalized spacial score (nSPS) is 15.2. The first-order valence-electron chi connectivity index (χ1n) is 11.5. The van der Waals surface area contributed by atoms with Crippen molar-refractivity contribution in [1.29, 1.82) is 5.26 Å². The van der Waals surface area contributed by atoms with Crippen LogP contribution < -0.4 is 10.1 Å². The molecule has 2 aromatic heterocycles. The van der Waals surface area contributed by atoms with Crippen LogP contribution in [0.25, 0.3) is 21.1 Å². The standard InChI is InChI=1S/C26H26N6OS/c1-16(2)33-23-10-9-17(13-18(23)14-27)25-31-32-26(34-25)21-7-3-6-20-19(21)5-4-8-22(20)30-15-24-28-11-12-29-24/h3,6-7,9-13,16,22,30H,4-5,8,15H2,1-2H3,(H,28,29)/t22-/m0/s1. The molecular weight excluding hydrogens is 444 g/mol. The van der Waals surface area contributed by atoms with Crippen molar-refractivity contribution in [2.45, 2.75) is 51.8 Å². The van der Waals surface area contributed by atoms with E-state index in [4.69, 9.17) is 4.74 Å². The lowest BCUT2D eigenvalue weighted by Gasteiger charge is -2.27. The summed E-state index contributed by atoms with van der Waals surface area (Å²) in [6.07, 6.45) is 6.88. The van der Waals surface area contributed by atoms with Crippen LogP contribution in [-0.4, -0.2) is 26.3 Å². The molecule has 5 rings (SSSR count). The number of nitriles is 1. The Hall–Kier alpha value is -3.54. The summed E-state index contributed by atoms with van der Waals surface area (Å²) in [5.41, 5.74) is 5.19. The van der Waals surface area contributed by atoms with E-state index in [1.807, 2.05) is 38.2 Å². The number of hydrogen-bond donors (Lipinski definition) is 2. The van der Waals surface area contributed by atoms with Gasteiger partial charge in [-0.15, -0.1) is 10.2 Å². The highest BCUT2D eigenvalue weighted by Gasteiger charge is 2.24. The molecule has 0 fully saturated rings. The molecule has 0 saturated heterocycles. The smallest absolute Gasteiger partial charge is 0.148 e. The fourth-order valence-electron chi connectivity index (χ4n) is 4.43. The van der Waals surface area contributed by atoms with Gasteiger partial charge in [0.05, 0.1) is 18.2 Å². The maximum Gasteiger partial charge on any atom is 0.148 e. The number of aromatic nitrogens is 4. The second-order valence-corrected chi connectivity index (χ2v) is 9.61. The van der Waals surface area contributed by atoms with Crippen LogP contribution in [0.3, 0.4) is 0 Å². The Morgan fingerprint density at radius 1 is 1.24 bits per heavy atom. The topological polar surface area (TPSA) is 99.5 Å². The summed E-state index contributed by atoms with van der Waals surface area (Å²) in [7, 11) is 0. The number of benzene rings is 2. The lowest BCUT2D eigenvalue weighted by Crippen LogP contribution is -2.25. The lowest BCUT2D eigenvalue weighted by molar-refractivity contribution is 0.242. The Bertz CT molecular complexity index is 1320. The number of rotatable bonds is 7. The first kappa shape index (κ1) is 22.3. The Kier molecular flexibility index (Phi) is 6.39. The van der Waals surface area contributed by atoms with Crippen LogP contribution in [0.5, 0.6) is 5.75 Å². The molecule has 34 heavy (non-hydrogen) atoms. The van der Waals surface area contributed by atoms with E-state index in [9.17, 15) is 5.26 Å². The number of nitrogens with zero attached hydrogens (tertiary/aromatic N) is 4. The monoisotopic (exact) mass is 470 g/mol. The van der Waals surface area contributed by atoms with E-state index in [1.54, 1.807) is 17.5 Å². The van der Waals surface area contributed by atoms with Gasteiger partial charge in [0, 0.05) is 29.6 Å². The summed E-state index contributed by atoms with van der Waals surface area (Å²) in [4.78, 5) is 7.48. The van der Waals surface area contributed by atoms with Crippen LogP contribution in [0.15, 0.2) is 48.8 Å². The fraction of sp³-hybridized carbons (Fsp3) is 0.308. The third-order valence-corrected chi connectivity index (χ3v) is 6.95. The highest BCUT2D eigenvalue weighted by molar-refractivity contribution is 7.17. The Balaban J connectivity index is 1.42. The molecule has 4 aromatic rings. The molecule has 0 spiro atoms. The number of nitrogens with one attached hydrogen (secondary N) is 2. The summed E-state index contributed by atoms with van der Waals surface area (Å²) >= 11 is 1.56. The number of fused-ring (bicyclic) bond motifs is 1. The van der Waals surface area contributed by atoms with Crippen LogP contribution in [0.2, 0.25) is 0 Å². The van der Waals surface area contributed by atoms with Gasteiger partial charge < -0.3 is 15.0 Å². The molecular formula is C26H26N6OS. The summed E-state index contributed by atoms with van der Waals surface area (Å²) in [6, 6.07) is 14.6. The number of imidazole rings is 1. The van der Waals surface area contributed by atoms with Gasteiger partial charge in [-0.05, 0) is 62.4 Å². The lowest BCUT2D eigenvalue weighted by atomic mass is 9.85. The number of ether oxygens (including phenoxy) is 1. The molecule has 8 heteroatoms. The minimum atomic E-state index is 0.00716. The minimum absolute atomic E-state index is 0.00716. The summed E-state index contributed by atoms with van der Waals surface area (Å²) < 4.78 is 5.75. The molecule has 7 nitrogen and oxygen atoms in total. The van der Waals surface area contributed by atoms with E-state index in [0.717, 1.165) is 46.2 Å². The quantitative estimate of drug-likeness (QED) is 0.374. The molecule has 2 N–H and O–H groups in total. The van der Waals surface area contributed by atoms with Gasteiger partial charge in [-0.25, -0.2) is 4.98 Å². The average Bonchev–Trinajstić information content (AvgIpc) is 3.55. The van der Waals surface area contributed by atoms with Crippen molar-refractivity contribution >= 4 is 11.3 Å². The van der Waals surface area contributed by atoms with Crippen molar-refractivity contribution in [2.24, 2.45) is 0 Å². The van der Waals surface area contributed by atoms with Crippen molar-refractivity contribution in [3.8, 4) is 33.0 Å². The van der Waals surface area contributed by atoms with Crippen molar-refractivity contribution in [1.82, 2.24) is 25.5 Å². The highest BCUT2D eigenvalue weighted by Crippen LogP contribution is 2.39. The number of H-pyrrole nitrogens is 1. The molecule has 0 unspecified atom stereocenters. The predicted octanol–water partition coefficient (Wildman–Crippen LogP) is 5.42. The van der Waals surface area contributed by atoms with Crippen LogP contribution >= 0.6 is 11.3 Å². The van der Waals surface area contributed by atoms with E-state index >= 15 is 0 Å². The first-order chi connectivity index (χ1) is 16.6. The molecule has 172 valence electrons. The SMILES string of the molecule is CC(C)Oc1ccc(-c2nnc(-c3cccc4c3CCC[C@@H]4NCc3ncc[nH]3)s2)cc1C#N. The molecule has 0 radical (unpaired) electrons. The van der Waals surface area contributed by atoms with Crippen LogP contribution in [-0.2, 0) is 13.0 Å². The molecule has 0 amide bonds. The van der Waals surface area contributed by atoms with E-state index < -0.39 is 0 Å². The zero-order valence-electron chi connectivity index (χ0n) is 19.2. The van der Waals surface area contributed by atoms with Crippen LogP contribution in [0.1, 0.15) is 55.2 Å². The summed E-state index contributed by atoms with van der Waals surface area (Å²) in [5.74, 6) is 1.54. The zero-order valence-corrected chi connectivity index (χ0v) is 20.0. The molecule has 0 bridgehead atoms. The van der Waals surface area contributed by atoms with E-state index in [2.05, 4.69) is 49.8 Å². The first-order valence-corrected chi connectivity index (χ1v) is 12.3. The van der Waals surface area contributed by atoms with Gasteiger partial charge in [0.2, 0.25) is 0 Å². The maximum atomic E-state index is 9.57. The second kappa shape index (κ2) is 9.75. The van der Waals surface area contributed by atoms with Crippen molar-refractivity contribution < 1.29 is 4.74 Å². The van der Waals surface area contributed by atoms with Gasteiger partial charge in [-0.2, -0.15) is 5.26 Å².